The summed E-state index contributed by atoms with van der Waals surface area (Å²) in [7, 11) is -3.40. The van der Waals surface area contributed by atoms with Crippen LogP contribution in [-0.4, -0.2) is 48.3 Å². The van der Waals surface area contributed by atoms with Gasteiger partial charge in [-0.1, -0.05) is 0 Å². The zero-order valence-electron chi connectivity index (χ0n) is 9.45. The van der Waals surface area contributed by atoms with Crippen LogP contribution in [0.3, 0.4) is 0 Å². The average molecular weight is 264 g/mol. The van der Waals surface area contributed by atoms with Crippen molar-refractivity contribution in [2.75, 3.05) is 7.11 Å². The number of urea groups is 1. The zero-order chi connectivity index (χ0) is 13.4. The van der Waals surface area contributed by atoms with E-state index in [0.717, 1.165) is 7.11 Å². The molecular weight excluding hydrogens is 252 g/mol. The van der Waals surface area contributed by atoms with Crippen molar-refractivity contribution < 1.29 is 22.7 Å². The van der Waals surface area contributed by atoms with Gasteiger partial charge in [0.05, 0.1) is 7.11 Å². The van der Waals surface area contributed by atoms with E-state index >= 15 is 0 Å². The van der Waals surface area contributed by atoms with Gasteiger partial charge in [0, 0.05) is 6.04 Å². The summed E-state index contributed by atoms with van der Waals surface area (Å²) in [6.45, 7) is 2.92. The van der Waals surface area contributed by atoms with Gasteiger partial charge >= 0.3 is 22.3 Å². The molecule has 0 saturated carbocycles. The number of guanidine groups is 1. The second kappa shape index (κ2) is 4.20. The van der Waals surface area contributed by atoms with Crippen LogP contribution in [0.15, 0.2) is 4.99 Å². The Hall–Kier alpha value is -1.84. The van der Waals surface area contributed by atoms with Crippen molar-refractivity contribution in [2.45, 2.75) is 19.9 Å². The van der Waals surface area contributed by atoms with E-state index in [1.54, 1.807) is 0 Å². The first-order chi connectivity index (χ1) is 7.73. The molecule has 0 fully saturated rings. The molecule has 0 aliphatic carbocycles. The molecule has 3 amide bonds. The SMILES string of the molecule is COC(=O)N1C(N)=NC(=O)N(C(C)C)S1(=O)=O. The van der Waals surface area contributed by atoms with Crippen molar-refractivity contribution in [3.8, 4) is 0 Å². The average Bonchev–Trinajstić information content (AvgIpc) is 2.13. The molecule has 0 radical (unpaired) electrons. The normalized spacial score (nSPS) is 19.3. The summed E-state index contributed by atoms with van der Waals surface area (Å²) in [6, 6.07) is -1.74. The van der Waals surface area contributed by atoms with Gasteiger partial charge < -0.3 is 10.5 Å². The molecule has 0 bridgehead atoms. The van der Waals surface area contributed by atoms with Crippen LogP contribution >= 0.6 is 0 Å². The minimum absolute atomic E-state index is 0.133. The fraction of sp³-hybridized carbons (Fsp3) is 0.571. The Bertz CT molecular complexity index is 482. The lowest BCUT2D eigenvalue weighted by Gasteiger charge is -2.32. The number of nitrogens with two attached hydrogens (primary N) is 1. The van der Waals surface area contributed by atoms with Crippen LogP contribution in [0.25, 0.3) is 0 Å². The standard InChI is InChI=1S/C7H12N4O5S/c1-4(2)10-6(12)9-5(8)11(7(13)16-3)17(10,14)15/h4H,1-3H3,(H2,8,9,12). The van der Waals surface area contributed by atoms with Gasteiger partial charge in [-0.2, -0.15) is 17.7 Å². The third-order valence-electron chi connectivity index (χ3n) is 1.90. The van der Waals surface area contributed by atoms with E-state index in [1.807, 2.05) is 0 Å². The van der Waals surface area contributed by atoms with Gasteiger partial charge in [0.15, 0.2) is 0 Å². The predicted molar refractivity (Wildman–Crippen MR) is 57.2 cm³/mol. The molecule has 0 atom stereocenters. The lowest BCUT2D eigenvalue weighted by atomic mass is 10.4. The summed E-state index contributed by atoms with van der Waals surface area (Å²) in [5.41, 5.74) is 5.23. The van der Waals surface area contributed by atoms with Gasteiger partial charge in [-0.3, -0.25) is 0 Å². The lowest BCUT2D eigenvalue weighted by Crippen LogP contribution is -2.59. The molecule has 2 N–H and O–H groups in total. The molecule has 1 rings (SSSR count). The highest BCUT2D eigenvalue weighted by Crippen LogP contribution is 2.19. The molecule has 96 valence electrons. The zero-order valence-corrected chi connectivity index (χ0v) is 10.3. The van der Waals surface area contributed by atoms with Crippen molar-refractivity contribution in [3.63, 3.8) is 0 Å². The van der Waals surface area contributed by atoms with Crippen LogP contribution in [0.1, 0.15) is 13.8 Å². The molecule has 9 nitrogen and oxygen atoms in total. The number of rotatable bonds is 1. The molecule has 0 saturated heterocycles. The summed E-state index contributed by atoms with van der Waals surface area (Å²) < 4.78 is 28.7. The maximum atomic E-state index is 11.9. The second-order valence-corrected chi connectivity index (χ2v) is 5.04. The summed E-state index contributed by atoms with van der Waals surface area (Å²) >= 11 is 0. The first kappa shape index (κ1) is 13.2. The van der Waals surface area contributed by atoms with Gasteiger partial charge in [0.1, 0.15) is 0 Å². The summed E-state index contributed by atoms with van der Waals surface area (Å²) in [5.74, 6) is -0.737. The van der Waals surface area contributed by atoms with Crippen LogP contribution in [0.4, 0.5) is 9.59 Å². The fourth-order valence-corrected chi connectivity index (χ4v) is 2.74. The van der Waals surface area contributed by atoms with E-state index in [-0.39, 0.29) is 4.31 Å². The Morgan fingerprint density at radius 1 is 1.47 bits per heavy atom. The van der Waals surface area contributed by atoms with E-state index in [4.69, 9.17) is 5.73 Å². The first-order valence-electron chi connectivity index (χ1n) is 4.54. The van der Waals surface area contributed by atoms with Crippen molar-refractivity contribution in [1.82, 2.24) is 8.61 Å². The quantitative estimate of drug-likeness (QED) is 0.678. The highest BCUT2D eigenvalue weighted by molar-refractivity contribution is 7.88. The van der Waals surface area contributed by atoms with Crippen molar-refractivity contribution in [2.24, 2.45) is 10.7 Å². The smallest absolute Gasteiger partial charge is 0.432 e. The monoisotopic (exact) mass is 264 g/mol. The number of aliphatic imine (C=N–C) groups is 1. The maximum Gasteiger partial charge on any atom is 0.432 e. The Kier molecular flexibility index (Phi) is 3.27. The highest BCUT2D eigenvalue weighted by Gasteiger charge is 2.45. The van der Waals surface area contributed by atoms with E-state index in [0.29, 0.717) is 4.31 Å². The first-order valence-corrected chi connectivity index (χ1v) is 5.94. The van der Waals surface area contributed by atoms with Crippen molar-refractivity contribution in [1.29, 1.82) is 0 Å². The van der Waals surface area contributed by atoms with Gasteiger partial charge in [-0.25, -0.2) is 9.59 Å². The Morgan fingerprint density at radius 3 is 2.41 bits per heavy atom. The van der Waals surface area contributed by atoms with Crippen LogP contribution in [-0.2, 0) is 14.9 Å². The number of carbonyl (C=O) groups excluding carboxylic acids is 2. The minimum Gasteiger partial charge on any atom is -0.452 e. The number of hydrogen-bond acceptors (Lipinski definition) is 6. The summed E-state index contributed by atoms with van der Waals surface area (Å²) in [6.07, 6.45) is -1.23. The second-order valence-electron chi connectivity index (χ2n) is 3.38. The number of nitrogens with zero attached hydrogens (tertiary/aromatic N) is 3. The van der Waals surface area contributed by atoms with Gasteiger partial charge in [-0.05, 0) is 13.8 Å². The molecule has 0 aromatic heterocycles. The number of ether oxygens (including phenoxy) is 1. The topological polar surface area (TPSA) is 122 Å². The number of carbonyl (C=O) groups is 2. The third-order valence-corrected chi connectivity index (χ3v) is 3.77. The van der Waals surface area contributed by atoms with Gasteiger partial charge in [0.2, 0.25) is 5.96 Å². The molecule has 1 aliphatic heterocycles. The van der Waals surface area contributed by atoms with E-state index < -0.39 is 34.3 Å². The molecule has 0 unspecified atom stereocenters. The molecular formula is C7H12N4O5S. The Labute approximate surface area is 98.0 Å². The number of methoxy groups -OCH3 is 1. The fourth-order valence-electron chi connectivity index (χ4n) is 1.26. The van der Waals surface area contributed by atoms with Crippen LogP contribution in [0, 0.1) is 0 Å². The molecule has 0 aromatic rings. The van der Waals surface area contributed by atoms with E-state index in [2.05, 4.69) is 9.73 Å². The third kappa shape index (κ3) is 2.02. The molecule has 1 heterocycles. The van der Waals surface area contributed by atoms with Crippen LogP contribution in [0.5, 0.6) is 0 Å². The van der Waals surface area contributed by atoms with Gasteiger partial charge in [-0.15, -0.1) is 4.31 Å². The minimum atomic E-state index is -4.39. The number of hydrogen-bond donors (Lipinski definition) is 1. The van der Waals surface area contributed by atoms with Crippen LogP contribution in [0.2, 0.25) is 0 Å². The maximum absolute atomic E-state index is 11.9. The number of amides is 3. The van der Waals surface area contributed by atoms with Crippen LogP contribution < -0.4 is 5.73 Å². The van der Waals surface area contributed by atoms with E-state index in [9.17, 15) is 18.0 Å². The van der Waals surface area contributed by atoms with Crippen molar-refractivity contribution in [3.05, 3.63) is 0 Å². The molecule has 0 spiro atoms. The lowest BCUT2D eigenvalue weighted by molar-refractivity contribution is 0.158. The summed E-state index contributed by atoms with van der Waals surface area (Å²) in [5, 5.41) is 0. The molecule has 0 aromatic carbocycles. The Morgan fingerprint density at radius 2 is 2.00 bits per heavy atom. The largest absolute Gasteiger partial charge is 0.452 e. The molecule has 1 aliphatic rings. The Balaban J connectivity index is 3.38. The highest BCUT2D eigenvalue weighted by atomic mass is 32.2. The van der Waals surface area contributed by atoms with Crippen molar-refractivity contribution >= 4 is 28.3 Å². The van der Waals surface area contributed by atoms with E-state index in [1.165, 1.54) is 13.8 Å². The molecule has 10 heteroatoms. The molecule has 17 heavy (non-hydrogen) atoms. The predicted octanol–water partition coefficient (Wildman–Crippen LogP) is -0.542. The summed E-state index contributed by atoms with van der Waals surface area (Å²) in [4.78, 5) is 26.0. The van der Waals surface area contributed by atoms with Gasteiger partial charge in [0.25, 0.3) is 0 Å².